The molecule has 0 saturated carbocycles. The van der Waals surface area contributed by atoms with Crippen molar-refractivity contribution in [3.63, 3.8) is 0 Å². The number of aliphatic hydroxyl groups excluding tert-OH is 1. The Morgan fingerprint density at radius 1 is 1.50 bits per heavy atom. The monoisotopic (exact) mass is 273 g/mol. The van der Waals surface area contributed by atoms with Crippen molar-refractivity contribution in [3.05, 3.63) is 53.6 Å². The van der Waals surface area contributed by atoms with Gasteiger partial charge in [0.1, 0.15) is 5.69 Å². The minimum Gasteiger partial charge on any atom is -0.394 e. The maximum atomic E-state index is 11.0. The van der Waals surface area contributed by atoms with E-state index in [1.54, 1.807) is 10.8 Å². The topological polar surface area (TPSA) is 81.1 Å². The maximum Gasteiger partial charge on any atom is 0.268 e. The van der Waals surface area contributed by atoms with E-state index in [1.165, 1.54) is 17.5 Å². The minimum atomic E-state index is -0.556. The lowest BCUT2D eigenvalue weighted by atomic mass is 10.0. The van der Waals surface area contributed by atoms with Crippen molar-refractivity contribution in [2.75, 3.05) is 6.61 Å². The largest absolute Gasteiger partial charge is 0.394 e. The molecule has 0 aliphatic rings. The van der Waals surface area contributed by atoms with E-state index >= 15 is 0 Å². The number of amides is 1. The summed E-state index contributed by atoms with van der Waals surface area (Å²) in [5.74, 6) is -0.556. The molecule has 5 heteroatoms. The molecule has 1 heterocycles. The number of aliphatic hydroxyl groups is 1. The predicted octanol–water partition coefficient (Wildman–Crippen LogP) is 1.46. The van der Waals surface area contributed by atoms with E-state index in [9.17, 15) is 9.90 Å². The van der Waals surface area contributed by atoms with Crippen molar-refractivity contribution >= 4 is 5.91 Å². The number of carbonyl (C=O) groups is 1. The van der Waals surface area contributed by atoms with Crippen molar-refractivity contribution in [1.82, 2.24) is 9.55 Å². The van der Waals surface area contributed by atoms with Crippen molar-refractivity contribution in [2.24, 2.45) is 5.73 Å². The number of aryl methyl sites for hydroxylation is 2. The lowest BCUT2D eigenvalue weighted by Crippen LogP contribution is -2.14. The molecule has 0 fully saturated rings. The molecule has 1 unspecified atom stereocenters. The van der Waals surface area contributed by atoms with Crippen molar-refractivity contribution in [3.8, 4) is 0 Å². The molecule has 3 N–H and O–H groups in total. The molecule has 0 radical (unpaired) electrons. The van der Waals surface area contributed by atoms with Gasteiger partial charge in [-0.15, -0.1) is 0 Å². The quantitative estimate of drug-likeness (QED) is 0.836. The van der Waals surface area contributed by atoms with E-state index in [2.05, 4.69) is 30.1 Å². The van der Waals surface area contributed by atoms with Crippen LogP contribution in [0, 0.1) is 6.92 Å². The number of benzene rings is 1. The highest BCUT2D eigenvalue weighted by Crippen LogP contribution is 2.16. The third-order valence-electron chi connectivity index (χ3n) is 3.34. The van der Waals surface area contributed by atoms with Crippen LogP contribution in [-0.4, -0.2) is 27.2 Å². The summed E-state index contributed by atoms with van der Waals surface area (Å²) < 4.78 is 1.75. The van der Waals surface area contributed by atoms with Crippen LogP contribution >= 0.6 is 0 Å². The molecule has 0 bridgehead atoms. The van der Waals surface area contributed by atoms with Gasteiger partial charge < -0.3 is 15.4 Å². The van der Waals surface area contributed by atoms with Crippen LogP contribution in [0.5, 0.6) is 0 Å². The van der Waals surface area contributed by atoms with Gasteiger partial charge in [0.25, 0.3) is 5.91 Å². The SMILES string of the molecule is Cc1cccc(CCC(CO)n2cnc(C(N)=O)c2)c1. The van der Waals surface area contributed by atoms with E-state index < -0.39 is 5.91 Å². The summed E-state index contributed by atoms with van der Waals surface area (Å²) in [4.78, 5) is 15.0. The van der Waals surface area contributed by atoms with Crippen LogP contribution in [0.15, 0.2) is 36.8 Å². The number of nitrogens with zero attached hydrogens (tertiary/aromatic N) is 2. The van der Waals surface area contributed by atoms with Gasteiger partial charge in [0.15, 0.2) is 0 Å². The van der Waals surface area contributed by atoms with Gasteiger partial charge in [-0.05, 0) is 25.3 Å². The molecule has 5 nitrogen and oxygen atoms in total. The number of hydrogen-bond donors (Lipinski definition) is 2. The zero-order chi connectivity index (χ0) is 14.5. The highest BCUT2D eigenvalue weighted by atomic mass is 16.3. The van der Waals surface area contributed by atoms with E-state index in [4.69, 9.17) is 5.73 Å². The minimum absolute atomic E-state index is 0.000375. The molecule has 0 aliphatic carbocycles. The van der Waals surface area contributed by atoms with Gasteiger partial charge in [0, 0.05) is 6.20 Å². The van der Waals surface area contributed by atoms with Gasteiger partial charge in [-0.25, -0.2) is 4.98 Å². The summed E-state index contributed by atoms with van der Waals surface area (Å²) >= 11 is 0. The van der Waals surface area contributed by atoms with Crippen LogP contribution < -0.4 is 5.73 Å². The first kappa shape index (κ1) is 14.3. The fraction of sp³-hybridized carbons (Fsp3) is 0.333. The van der Waals surface area contributed by atoms with E-state index in [0.29, 0.717) is 0 Å². The number of hydrogen-bond acceptors (Lipinski definition) is 3. The Hall–Kier alpha value is -2.14. The van der Waals surface area contributed by atoms with Crippen LogP contribution in [0.4, 0.5) is 0 Å². The maximum absolute atomic E-state index is 11.0. The Bertz CT molecular complexity index is 592. The molecule has 0 spiro atoms. The van der Waals surface area contributed by atoms with Gasteiger partial charge in [0.05, 0.1) is 19.0 Å². The van der Waals surface area contributed by atoms with E-state index in [-0.39, 0.29) is 18.3 Å². The average molecular weight is 273 g/mol. The summed E-state index contributed by atoms with van der Waals surface area (Å²) in [5.41, 5.74) is 7.85. The number of nitrogens with two attached hydrogens (primary N) is 1. The van der Waals surface area contributed by atoms with Crippen molar-refractivity contribution < 1.29 is 9.90 Å². The van der Waals surface area contributed by atoms with Crippen molar-refractivity contribution in [2.45, 2.75) is 25.8 Å². The van der Waals surface area contributed by atoms with Crippen LogP contribution in [0.2, 0.25) is 0 Å². The fourth-order valence-corrected chi connectivity index (χ4v) is 2.20. The molecule has 0 saturated heterocycles. The number of primary amides is 1. The molecular weight excluding hydrogens is 254 g/mol. The first-order valence-corrected chi connectivity index (χ1v) is 6.60. The third-order valence-corrected chi connectivity index (χ3v) is 3.34. The second-order valence-corrected chi connectivity index (χ2v) is 4.93. The number of carbonyl (C=O) groups excluding carboxylic acids is 1. The molecule has 106 valence electrons. The fourth-order valence-electron chi connectivity index (χ4n) is 2.20. The van der Waals surface area contributed by atoms with Gasteiger partial charge in [-0.2, -0.15) is 0 Å². The van der Waals surface area contributed by atoms with E-state index in [1.807, 2.05) is 6.07 Å². The third kappa shape index (κ3) is 3.45. The summed E-state index contributed by atoms with van der Waals surface area (Å²) in [6, 6.07) is 8.20. The smallest absolute Gasteiger partial charge is 0.268 e. The molecule has 1 aromatic heterocycles. The second kappa shape index (κ2) is 6.34. The van der Waals surface area contributed by atoms with Crippen LogP contribution in [0.3, 0.4) is 0 Å². The normalized spacial score (nSPS) is 12.3. The summed E-state index contributed by atoms with van der Waals surface area (Å²) in [6.07, 6.45) is 4.75. The average Bonchev–Trinajstić information content (AvgIpc) is 2.89. The van der Waals surface area contributed by atoms with Crippen LogP contribution in [0.25, 0.3) is 0 Å². The Balaban J connectivity index is 2.03. The van der Waals surface area contributed by atoms with Crippen molar-refractivity contribution in [1.29, 1.82) is 0 Å². The first-order chi connectivity index (χ1) is 9.60. The lowest BCUT2D eigenvalue weighted by molar-refractivity contribution is 0.0995. The summed E-state index contributed by atoms with van der Waals surface area (Å²) in [6.45, 7) is 2.06. The molecule has 1 amide bonds. The zero-order valence-electron chi connectivity index (χ0n) is 11.5. The molecule has 1 atom stereocenters. The standard InChI is InChI=1S/C15H19N3O2/c1-11-3-2-4-12(7-11)5-6-13(9-19)18-8-14(15(16)20)17-10-18/h2-4,7-8,10,13,19H,5-6,9H2,1H3,(H2,16,20). The summed E-state index contributed by atoms with van der Waals surface area (Å²) in [5, 5.41) is 9.50. The molecule has 1 aromatic carbocycles. The second-order valence-electron chi connectivity index (χ2n) is 4.93. The number of rotatable bonds is 6. The Kier molecular flexibility index (Phi) is 4.53. The van der Waals surface area contributed by atoms with Gasteiger partial charge in [0.2, 0.25) is 0 Å². The molecule has 2 rings (SSSR count). The van der Waals surface area contributed by atoms with E-state index in [0.717, 1.165) is 12.8 Å². The van der Waals surface area contributed by atoms with Gasteiger partial charge in [-0.1, -0.05) is 29.8 Å². The predicted molar refractivity (Wildman–Crippen MR) is 76.4 cm³/mol. The molecule has 20 heavy (non-hydrogen) atoms. The van der Waals surface area contributed by atoms with Crippen LogP contribution in [-0.2, 0) is 6.42 Å². The highest BCUT2D eigenvalue weighted by molar-refractivity contribution is 5.90. The van der Waals surface area contributed by atoms with Gasteiger partial charge in [-0.3, -0.25) is 4.79 Å². The van der Waals surface area contributed by atoms with Crippen LogP contribution in [0.1, 0.15) is 34.1 Å². The summed E-state index contributed by atoms with van der Waals surface area (Å²) in [7, 11) is 0. The Morgan fingerprint density at radius 3 is 2.90 bits per heavy atom. The molecular formula is C15H19N3O2. The van der Waals surface area contributed by atoms with Gasteiger partial charge >= 0.3 is 0 Å². The molecule has 2 aromatic rings. The Morgan fingerprint density at radius 2 is 2.30 bits per heavy atom. The first-order valence-electron chi connectivity index (χ1n) is 6.60. The lowest BCUT2D eigenvalue weighted by Gasteiger charge is -2.15. The zero-order valence-corrected chi connectivity index (χ0v) is 11.5. The highest BCUT2D eigenvalue weighted by Gasteiger charge is 2.13. The Labute approximate surface area is 118 Å². The number of aromatic nitrogens is 2. The molecule has 0 aliphatic heterocycles. The number of imidazole rings is 1.